The van der Waals surface area contributed by atoms with Crippen molar-refractivity contribution in [2.45, 2.75) is 57.6 Å². The zero-order valence-electron chi connectivity index (χ0n) is 11.5. The maximum atomic E-state index is 12.5. The van der Waals surface area contributed by atoms with Crippen LogP contribution >= 0.6 is 11.5 Å². The van der Waals surface area contributed by atoms with Gasteiger partial charge in [0.1, 0.15) is 4.88 Å². The largest absolute Gasteiger partial charge is 0.391 e. The molecule has 5 nitrogen and oxygen atoms in total. The second-order valence-corrected chi connectivity index (χ2v) is 5.89. The van der Waals surface area contributed by atoms with Crippen molar-refractivity contribution in [1.29, 1.82) is 0 Å². The zero-order chi connectivity index (χ0) is 13.8. The molecule has 1 aromatic rings. The quantitative estimate of drug-likeness (QED) is 0.916. The normalized spacial score (nSPS) is 23.3. The molecule has 2 atom stereocenters. The van der Waals surface area contributed by atoms with Crippen molar-refractivity contribution >= 4 is 17.4 Å². The van der Waals surface area contributed by atoms with Gasteiger partial charge in [-0.3, -0.25) is 4.79 Å². The summed E-state index contributed by atoms with van der Waals surface area (Å²) in [4.78, 5) is 14.8. The number of aryl methyl sites for hydroxylation is 1. The molecule has 2 unspecified atom stereocenters. The molecule has 2 rings (SSSR count). The maximum Gasteiger partial charge on any atom is 0.267 e. The lowest BCUT2D eigenvalue weighted by Crippen LogP contribution is -2.46. The number of aromatic nitrogens is 2. The first-order valence-corrected chi connectivity index (χ1v) is 7.69. The van der Waals surface area contributed by atoms with E-state index in [2.05, 4.69) is 16.5 Å². The first-order chi connectivity index (χ1) is 9.15. The molecule has 106 valence electrons. The molecule has 6 heteroatoms. The Hall–Kier alpha value is -1.01. The van der Waals surface area contributed by atoms with Gasteiger partial charge in [-0.15, -0.1) is 5.10 Å². The minimum absolute atomic E-state index is 0.0515. The Balaban J connectivity index is 2.11. The van der Waals surface area contributed by atoms with Crippen LogP contribution in [-0.4, -0.2) is 44.7 Å². The standard InChI is InChI=1S/C13H21N3O2S/c1-3-6-9-12(19-15-14-9)13(18)16(2)10-7-4-5-8-11(10)17/h10-11,17H,3-8H2,1-2H3. The third-order valence-corrected chi connectivity index (χ3v) is 4.50. The van der Waals surface area contributed by atoms with Gasteiger partial charge in [0.25, 0.3) is 5.91 Å². The molecule has 1 saturated carbocycles. The number of nitrogens with zero attached hydrogens (tertiary/aromatic N) is 3. The summed E-state index contributed by atoms with van der Waals surface area (Å²) >= 11 is 1.16. The van der Waals surface area contributed by atoms with E-state index in [0.29, 0.717) is 4.88 Å². The Morgan fingerprint density at radius 2 is 2.21 bits per heavy atom. The first-order valence-electron chi connectivity index (χ1n) is 6.91. The number of carbonyl (C=O) groups excluding carboxylic acids is 1. The van der Waals surface area contributed by atoms with Crippen LogP contribution in [0.3, 0.4) is 0 Å². The molecule has 0 bridgehead atoms. The number of carbonyl (C=O) groups is 1. The fourth-order valence-electron chi connectivity index (χ4n) is 2.63. The second kappa shape index (κ2) is 6.43. The van der Waals surface area contributed by atoms with Crippen molar-refractivity contribution in [1.82, 2.24) is 14.5 Å². The Bertz CT molecular complexity index is 435. The minimum atomic E-state index is -0.404. The Morgan fingerprint density at radius 3 is 2.89 bits per heavy atom. The van der Waals surface area contributed by atoms with Crippen molar-refractivity contribution in [2.24, 2.45) is 0 Å². The van der Waals surface area contributed by atoms with Gasteiger partial charge in [-0.1, -0.05) is 30.7 Å². The molecule has 1 aliphatic carbocycles. The van der Waals surface area contributed by atoms with E-state index in [-0.39, 0.29) is 11.9 Å². The molecule has 1 N–H and O–H groups in total. The summed E-state index contributed by atoms with van der Waals surface area (Å²) in [6, 6.07) is -0.0715. The van der Waals surface area contributed by atoms with Crippen LogP contribution in [-0.2, 0) is 6.42 Å². The Kier molecular flexibility index (Phi) is 4.87. The van der Waals surface area contributed by atoms with Crippen molar-refractivity contribution in [2.75, 3.05) is 7.05 Å². The molecule has 1 aromatic heterocycles. The van der Waals surface area contributed by atoms with Gasteiger partial charge in [0, 0.05) is 7.05 Å². The topological polar surface area (TPSA) is 66.3 Å². The van der Waals surface area contributed by atoms with E-state index >= 15 is 0 Å². The van der Waals surface area contributed by atoms with Gasteiger partial charge in [0.05, 0.1) is 17.8 Å². The second-order valence-electron chi connectivity index (χ2n) is 5.13. The number of hydrogen-bond acceptors (Lipinski definition) is 5. The van der Waals surface area contributed by atoms with Gasteiger partial charge in [0.2, 0.25) is 0 Å². The van der Waals surface area contributed by atoms with E-state index in [4.69, 9.17) is 0 Å². The lowest BCUT2D eigenvalue weighted by atomic mass is 9.91. The molecule has 19 heavy (non-hydrogen) atoms. The molecule has 1 amide bonds. The van der Waals surface area contributed by atoms with Crippen molar-refractivity contribution in [3.8, 4) is 0 Å². The van der Waals surface area contributed by atoms with Crippen LogP contribution in [0.15, 0.2) is 0 Å². The summed E-state index contributed by atoms with van der Waals surface area (Å²) in [6.45, 7) is 2.06. The fraction of sp³-hybridized carbons (Fsp3) is 0.769. The SMILES string of the molecule is CCCc1nnsc1C(=O)N(C)C1CCCCC1O. The van der Waals surface area contributed by atoms with Gasteiger partial charge < -0.3 is 10.0 Å². The average molecular weight is 283 g/mol. The zero-order valence-corrected chi connectivity index (χ0v) is 12.3. The van der Waals surface area contributed by atoms with Crippen molar-refractivity contribution in [3.63, 3.8) is 0 Å². The lowest BCUT2D eigenvalue weighted by molar-refractivity contribution is 0.0270. The van der Waals surface area contributed by atoms with Crippen LogP contribution < -0.4 is 0 Å². The monoisotopic (exact) mass is 283 g/mol. The molecule has 0 aliphatic heterocycles. The van der Waals surface area contributed by atoms with Gasteiger partial charge in [-0.25, -0.2) is 0 Å². The number of aliphatic hydroxyl groups is 1. The summed E-state index contributed by atoms with van der Waals surface area (Å²) in [5.74, 6) is -0.0515. The van der Waals surface area contributed by atoms with Crippen LogP contribution in [0.4, 0.5) is 0 Å². The minimum Gasteiger partial charge on any atom is -0.391 e. The Labute approximate surface area is 117 Å². The summed E-state index contributed by atoms with van der Waals surface area (Å²) in [5, 5.41) is 14.1. The summed E-state index contributed by atoms with van der Waals surface area (Å²) in [5.41, 5.74) is 0.787. The highest BCUT2D eigenvalue weighted by atomic mass is 32.1. The van der Waals surface area contributed by atoms with Crippen molar-refractivity contribution < 1.29 is 9.90 Å². The highest BCUT2D eigenvalue weighted by Crippen LogP contribution is 2.25. The molecule has 0 saturated heterocycles. The van der Waals surface area contributed by atoms with Crippen LogP contribution in [0.1, 0.15) is 54.4 Å². The lowest BCUT2D eigenvalue weighted by Gasteiger charge is -2.34. The predicted octanol–water partition coefficient (Wildman–Crippen LogP) is 1.87. The van der Waals surface area contributed by atoms with E-state index < -0.39 is 6.10 Å². The number of hydrogen-bond donors (Lipinski definition) is 1. The van der Waals surface area contributed by atoms with E-state index in [1.807, 2.05) is 0 Å². The smallest absolute Gasteiger partial charge is 0.267 e. The molecular weight excluding hydrogens is 262 g/mol. The van der Waals surface area contributed by atoms with E-state index in [1.54, 1.807) is 11.9 Å². The molecule has 1 fully saturated rings. The predicted molar refractivity (Wildman–Crippen MR) is 74.3 cm³/mol. The average Bonchev–Trinajstić information content (AvgIpc) is 2.86. The third-order valence-electron chi connectivity index (χ3n) is 3.75. The van der Waals surface area contributed by atoms with Gasteiger partial charge in [-0.2, -0.15) is 0 Å². The van der Waals surface area contributed by atoms with Gasteiger partial charge >= 0.3 is 0 Å². The molecule has 1 aliphatic rings. The van der Waals surface area contributed by atoms with Gasteiger partial charge in [0.15, 0.2) is 0 Å². The number of likely N-dealkylation sites (N-methyl/N-ethyl adjacent to an activating group) is 1. The number of aliphatic hydroxyl groups excluding tert-OH is 1. The van der Waals surface area contributed by atoms with Crippen LogP contribution in [0, 0.1) is 0 Å². The first kappa shape index (κ1) is 14.4. The molecular formula is C13H21N3O2S. The van der Waals surface area contributed by atoms with Gasteiger partial charge in [-0.05, 0) is 30.8 Å². The van der Waals surface area contributed by atoms with E-state index in [1.165, 1.54) is 0 Å². The Morgan fingerprint density at radius 1 is 1.47 bits per heavy atom. The molecule has 1 heterocycles. The number of amides is 1. The molecule has 0 aromatic carbocycles. The fourth-order valence-corrected chi connectivity index (χ4v) is 3.32. The van der Waals surface area contributed by atoms with Crippen LogP contribution in [0.5, 0.6) is 0 Å². The van der Waals surface area contributed by atoms with Crippen molar-refractivity contribution in [3.05, 3.63) is 10.6 Å². The summed E-state index contributed by atoms with van der Waals surface area (Å²) < 4.78 is 3.89. The van der Waals surface area contributed by atoms with Crippen LogP contribution in [0.2, 0.25) is 0 Å². The number of rotatable bonds is 4. The highest BCUT2D eigenvalue weighted by molar-refractivity contribution is 7.08. The molecule has 0 radical (unpaired) electrons. The van der Waals surface area contributed by atoms with E-state index in [9.17, 15) is 9.90 Å². The maximum absolute atomic E-state index is 12.5. The van der Waals surface area contributed by atoms with Crippen LogP contribution in [0.25, 0.3) is 0 Å². The van der Waals surface area contributed by atoms with E-state index in [0.717, 1.165) is 55.8 Å². The summed E-state index contributed by atoms with van der Waals surface area (Å²) in [7, 11) is 1.77. The molecule has 0 spiro atoms. The third kappa shape index (κ3) is 3.12. The summed E-state index contributed by atoms with van der Waals surface area (Å²) in [6.07, 6.45) is 5.09. The highest BCUT2D eigenvalue weighted by Gasteiger charge is 2.31.